The van der Waals surface area contributed by atoms with E-state index in [4.69, 9.17) is 4.74 Å². The van der Waals surface area contributed by atoms with Gasteiger partial charge in [0.1, 0.15) is 11.4 Å². The monoisotopic (exact) mass is 364 g/mol. The first kappa shape index (κ1) is 17.5. The fourth-order valence-electron chi connectivity index (χ4n) is 3.48. The van der Waals surface area contributed by atoms with Crippen LogP contribution in [0, 0.1) is 0 Å². The van der Waals surface area contributed by atoms with Gasteiger partial charge >= 0.3 is 0 Å². The van der Waals surface area contributed by atoms with E-state index in [-0.39, 0.29) is 5.91 Å². The predicted octanol–water partition coefficient (Wildman–Crippen LogP) is 2.23. The van der Waals surface area contributed by atoms with Gasteiger partial charge in [0.05, 0.1) is 19.2 Å². The molecule has 0 N–H and O–H groups in total. The minimum atomic E-state index is 0.188. The Bertz CT molecular complexity index is 878. The number of nitrogens with zero attached hydrogens (tertiary/aromatic N) is 4. The summed E-state index contributed by atoms with van der Waals surface area (Å²) in [5.41, 5.74) is 3.06. The number of hydrogen-bond donors (Lipinski definition) is 0. The number of carbonyl (C=O) groups excluding carboxylic acids is 1. The molecule has 140 valence electrons. The lowest BCUT2D eigenvalue weighted by molar-refractivity contribution is -0.132. The highest BCUT2D eigenvalue weighted by Crippen LogP contribution is 2.14. The second-order valence-electron chi connectivity index (χ2n) is 6.88. The van der Waals surface area contributed by atoms with Crippen molar-refractivity contribution in [2.45, 2.75) is 13.0 Å². The van der Waals surface area contributed by atoms with E-state index in [1.807, 2.05) is 58.0 Å². The summed E-state index contributed by atoms with van der Waals surface area (Å²) >= 11 is 0. The molecule has 27 heavy (non-hydrogen) atoms. The minimum absolute atomic E-state index is 0.188. The van der Waals surface area contributed by atoms with E-state index in [0.29, 0.717) is 6.42 Å². The van der Waals surface area contributed by atoms with Crippen molar-refractivity contribution in [2.24, 2.45) is 0 Å². The van der Waals surface area contributed by atoms with Gasteiger partial charge in [-0.15, -0.1) is 0 Å². The second-order valence-corrected chi connectivity index (χ2v) is 6.88. The average molecular weight is 364 g/mol. The topological polar surface area (TPSA) is 50.1 Å². The van der Waals surface area contributed by atoms with Crippen molar-refractivity contribution in [3.05, 3.63) is 66.1 Å². The quantitative estimate of drug-likeness (QED) is 0.697. The van der Waals surface area contributed by atoms with Crippen molar-refractivity contribution in [1.82, 2.24) is 19.2 Å². The highest BCUT2D eigenvalue weighted by atomic mass is 16.5. The zero-order chi connectivity index (χ0) is 18.6. The van der Waals surface area contributed by atoms with Gasteiger partial charge in [-0.1, -0.05) is 18.2 Å². The maximum absolute atomic E-state index is 12.6. The Morgan fingerprint density at radius 3 is 2.56 bits per heavy atom. The summed E-state index contributed by atoms with van der Waals surface area (Å²) < 4.78 is 7.21. The molecule has 6 heteroatoms. The molecule has 0 radical (unpaired) electrons. The summed E-state index contributed by atoms with van der Waals surface area (Å²) in [6.45, 7) is 4.11. The zero-order valence-electron chi connectivity index (χ0n) is 15.5. The van der Waals surface area contributed by atoms with Gasteiger partial charge in [0.25, 0.3) is 0 Å². The van der Waals surface area contributed by atoms with Gasteiger partial charge in [-0.3, -0.25) is 9.69 Å². The van der Waals surface area contributed by atoms with Crippen LogP contribution in [0.2, 0.25) is 0 Å². The van der Waals surface area contributed by atoms with Gasteiger partial charge in [-0.2, -0.15) is 0 Å². The fourth-order valence-corrected chi connectivity index (χ4v) is 3.48. The minimum Gasteiger partial charge on any atom is -0.497 e. The summed E-state index contributed by atoms with van der Waals surface area (Å²) in [6, 6.07) is 13.7. The van der Waals surface area contributed by atoms with Crippen LogP contribution < -0.4 is 4.74 Å². The number of imidazole rings is 1. The number of amides is 1. The van der Waals surface area contributed by atoms with E-state index in [0.717, 1.165) is 55.4 Å². The van der Waals surface area contributed by atoms with Gasteiger partial charge in [0.15, 0.2) is 0 Å². The molecule has 2 aromatic heterocycles. The largest absolute Gasteiger partial charge is 0.497 e. The Kier molecular flexibility index (Phi) is 5.07. The summed E-state index contributed by atoms with van der Waals surface area (Å²) in [6.07, 6.45) is 4.54. The molecular weight excluding hydrogens is 340 g/mol. The number of pyridine rings is 1. The lowest BCUT2D eigenvalue weighted by atomic mass is 10.1. The number of ether oxygens (including phenoxy) is 1. The van der Waals surface area contributed by atoms with Crippen molar-refractivity contribution in [3.63, 3.8) is 0 Å². The fraction of sp³-hybridized carbons (Fsp3) is 0.333. The molecule has 3 heterocycles. The lowest BCUT2D eigenvalue weighted by Crippen LogP contribution is -2.48. The van der Waals surface area contributed by atoms with Gasteiger partial charge < -0.3 is 14.0 Å². The van der Waals surface area contributed by atoms with Crippen LogP contribution in [0.3, 0.4) is 0 Å². The highest BCUT2D eigenvalue weighted by Gasteiger charge is 2.21. The molecule has 1 amide bonds. The molecule has 4 rings (SSSR count). The summed E-state index contributed by atoms with van der Waals surface area (Å²) in [4.78, 5) is 21.5. The molecule has 0 bridgehead atoms. The number of fused-ring (bicyclic) bond motifs is 1. The van der Waals surface area contributed by atoms with E-state index in [1.54, 1.807) is 7.11 Å². The Labute approximate surface area is 159 Å². The van der Waals surface area contributed by atoms with E-state index in [2.05, 4.69) is 16.1 Å². The number of aromatic nitrogens is 2. The lowest BCUT2D eigenvalue weighted by Gasteiger charge is -2.34. The van der Waals surface area contributed by atoms with E-state index >= 15 is 0 Å². The van der Waals surface area contributed by atoms with Gasteiger partial charge in [0.2, 0.25) is 5.91 Å². The highest BCUT2D eigenvalue weighted by molar-refractivity contribution is 5.79. The molecular formula is C21H24N4O2. The molecule has 1 aromatic carbocycles. The van der Waals surface area contributed by atoms with E-state index < -0.39 is 0 Å². The number of methoxy groups -OCH3 is 1. The number of carbonyl (C=O) groups is 1. The summed E-state index contributed by atoms with van der Waals surface area (Å²) in [5, 5.41) is 0. The molecule has 0 atom stereocenters. The molecule has 0 saturated carbocycles. The molecule has 1 fully saturated rings. The van der Waals surface area contributed by atoms with Crippen molar-refractivity contribution in [2.75, 3.05) is 33.3 Å². The number of piperazine rings is 1. The number of benzene rings is 1. The molecule has 1 aliphatic heterocycles. The van der Waals surface area contributed by atoms with Crippen molar-refractivity contribution in [3.8, 4) is 5.75 Å². The summed E-state index contributed by atoms with van der Waals surface area (Å²) in [5.74, 6) is 0.999. The maximum atomic E-state index is 12.6. The summed E-state index contributed by atoms with van der Waals surface area (Å²) in [7, 11) is 1.64. The molecule has 3 aromatic rings. The van der Waals surface area contributed by atoms with E-state index in [1.165, 1.54) is 0 Å². The number of hydrogen-bond acceptors (Lipinski definition) is 4. The van der Waals surface area contributed by atoms with Crippen LogP contribution in [0.15, 0.2) is 54.9 Å². The Morgan fingerprint density at radius 2 is 1.85 bits per heavy atom. The van der Waals surface area contributed by atoms with E-state index in [9.17, 15) is 4.79 Å². The van der Waals surface area contributed by atoms with Crippen LogP contribution in [0.5, 0.6) is 5.75 Å². The van der Waals surface area contributed by atoms with Crippen molar-refractivity contribution >= 4 is 11.6 Å². The smallest absolute Gasteiger partial charge is 0.227 e. The van der Waals surface area contributed by atoms with Crippen LogP contribution >= 0.6 is 0 Å². The molecule has 0 unspecified atom stereocenters. The van der Waals surface area contributed by atoms with Gasteiger partial charge in [-0.25, -0.2) is 4.98 Å². The molecule has 6 nitrogen and oxygen atoms in total. The molecule has 0 aliphatic carbocycles. The van der Waals surface area contributed by atoms with Crippen LogP contribution in [-0.2, 0) is 17.8 Å². The Morgan fingerprint density at radius 1 is 1.07 bits per heavy atom. The third kappa shape index (κ3) is 4.11. The third-order valence-electron chi connectivity index (χ3n) is 5.04. The maximum Gasteiger partial charge on any atom is 0.227 e. The van der Waals surface area contributed by atoms with Crippen LogP contribution in [0.25, 0.3) is 5.65 Å². The molecule has 1 aliphatic rings. The van der Waals surface area contributed by atoms with Crippen molar-refractivity contribution < 1.29 is 9.53 Å². The van der Waals surface area contributed by atoms with Crippen molar-refractivity contribution in [1.29, 1.82) is 0 Å². The normalized spacial score (nSPS) is 15.2. The Balaban J connectivity index is 1.29. The Hall–Kier alpha value is -2.86. The zero-order valence-corrected chi connectivity index (χ0v) is 15.5. The second kappa shape index (κ2) is 7.80. The molecule has 1 saturated heterocycles. The van der Waals surface area contributed by atoms with Gasteiger partial charge in [0, 0.05) is 45.1 Å². The van der Waals surface area contributed by atoms with Crippen LogP contribution in [0.4, 0.5) is 0 Å². The van der Waals surface area contributed by atoms with Crippen LogP contribution in [-0.4, -0.2) is 58.4 Å². The first-order chi connectivity index (χ1) is 13.2. The number of rotatable bonds is 5. The average Bonchev–Trinajstić information content (AvgIpc) is 3.11. The SMILES string of the molecule is COc1ccc(CC(=O)N2CCN(Cc3cn4ccccc4n3)CC2)cc1. The van der Waals surface area contributed by atoms with Gasteiger partial charge in [-0.05, 0) is 29.8 Å². The standard InChI is InChI=1S/C21H24N4O2/c1-27-19-7-5-17(6-8-19)14-21(26)24-12-10-23(11-13-24)15-18-16-25-9-3-2-4-20(25)22-18/h2-9,16H,10-15H2,1H3. The third-order valence-corrected chi connectivity index (χ3v) is 5.04. The first-order valence-electron chi connectivity index (χ1n) is 9.27. The molecule has 0 spiro atoms. The van der Waals surface area contributed by atoms with Crippen LogP contribution in [0.1, 0.15) is 11.3 Å². The first-order valence-corrected chi connectivity index (χ1v) is 9.27. The predicted molar refractivity (Wildman–Crippen MR) is 104 cm³/mol.